The van der Waals surface area contributed by atoms with Crippen LogP contribution in [0.1, 0.15) is 36.6 Å². The minimum Gasteiger partial charge on any atom is -0.489 e. The predicted molar refractivity (Wildman–Crippen MR) is 84.0 cm³/mol. The topological polar surface area (TPSA) is 21.3 Å². The molecule has 2 rings (SSSR count). The van der Waals surface area contributed by atoms with Gasteiger partial charge >= 0.3 is 0 Å². The van der Waals surface area contributed by atoms with Gasteiger partial charge in [0.1, 0.15) is 12.4 Å². The Balaban J connectivity index is 2.15. The fourth-order valence-electron chi connectivity index (χ4n) is 2.28. The first kappa shape index (κ1) is 14.6. The maximum absolute atomic E-state index is 6.03. The molecule has 2 aromatic carbocycles. The van der Waals surface area contributed by atoms with Gasteiger partial charge in [-0.25, -0.2) is 0 Å². The lowest BCUT2D eigenvalue weighted by molar-refractivity contribution is 0.299. The van der Waals surface area contributed by atoms with E-state index in [1.165, 1.54) is 16.7 Å². The summed E-state index contributed by atoms with van der Waals surface area (Å²) in [4.78, 5) is 0. The van der Waals surface area contributed by atoms with Gasteiger partial charge in [-0.2, -0.15) is 0 Å². The normalized spacial score (nSPS) is 12.2. The Morgan fingerprint density at radius 1 is 1.10 bits per heavy atom. The number of rotatable bonds is 6. The number of benzene rings is 2. The molecule has 1 atom stereocenters. The van der Waals surface area contributed by atoms with Crippen LogP contribution in [0.3, 0.4) is 0 Å². The Morgan fingerprint density at radius 3 is 2.55 bits per heavy atom. The van der Waals surface area contributed by atoms with Crippen molar-refractivity contribution in [3.05, 3.63) is 65.2 Å². The smallest absolute Gasteiger partial charge is 0.124 e. The van der Waals surface area contributed by atoms with E-state index in [-0.39, 0.29) is 0 Å². The highest BCUT2D eigenvalue weighted by atomic mass is 16.5. The van der Waals surface area contributed by atoms with Crippen LogP contribution in [0.15, 0.2) is 48.5 Å². The molecule has 2 nitrogen and oxygen atoms in total. The summed E-state index contributed by atoms with van der Waals surface area (Å²) in [5.74, 6) is 0.974. The van der Waals surface area contributed by atoms with Gasteiger partial charge < -0.3 is 10.1 Å². The van der Waals surface area contributed by atoms with Crippen molar-refractivity contribution in [1.82, 2.24) is 5.32 Å². The molecular formula is C18H23NO. The first-order valence-electron chi connectivity index (χ1n) is 7.21. The summed E-state index contributed by atoms with van der Waals surface area (Å²) in [7, 11) is 0. The second-order valence-electron chi connectivity index (χ2n) is 5.09. The van der Waals surface area contributed by atoms with Crippen molar-refractivity contribution < 1.29 is 4.74 Å². The van der Waals surface area contributed by atoms with Gasteiger partial charge in [0, 0.05) is 11.6 Å². The second kappa shape index (κ2) is 7.11. The molecule has 0 radical (unpaired) electrons. The van der Waals surface area contributed by atoms with Crippen LogP contribution in [0.2, 0.25) is 0 Å². The molecule has 0 aliphatic heterocycles. The van der Waals surface area contributed by atoms with Crippen LogP contribution < -0.4 is 10.1 Å². The molecule has 0 heterocycles. The molecule has 2 heteroatoms. The zero-order valence-electron chi connectivity index (χ0n) is 12.5. The fraction of sp³-hybridized carbons (Fsp3) is 0.333. The third-order valence-corrected chi connectivity index (χ3v) is 3.38. The molecule has 0 saturated heterocycles. The maximum Gasteiger partial charge on any atom is 0.124 e. The number of aryl methyl sites for hydroxylation is 1. The van der Waals surface area contributed by atoms with Crippen molar-refractivity contribution in [1.29, 1.82) is 0 Å². The first-order chi connectivity index (χ1) is 9.70. The third kappa shape index (κ3) is 3.84. The molecule has 20 heavy (non-hydrogen) atoms. The molecule has 1 N–H and O–H groups in total. The quantitative estimate of drug-likeness (QED) is 0.846. The highest BCUT2D eigenvalue weighted by Gasteiger charge is 2.11. The summed E-state index contributed by atoms with van der Waals surface area (Å²) in [6.07, 6.45) is 0. The molecule has 0 aliphatic carbocycles. The van der Waals surface area contributed by atoms with Gasteiger partial charge in [0.2, 0.25) is 0 Å². The summed E-state index contributed by atoms with van der Waals surface area (Å²) in [6.45, 7) is 7.94. The molecule has 0 aromatic heterocycles. The van der Waals surface area contributed by atoms with Gasteiger partial charge in [0.25, 0.3) is 0 Å². The molecule has 106 valence electrons. The largest absolute Gasteiger partial charge is 0.489 e. The van der Waals surface area contributed by atoms with E-state index < -0.39 is 0 Å². The molecule has 0 aliphatic rings. The van der Waals surface area contributed by atoms with Crippen LogP contribution >= 0.6 is 0 Å². The monoisotopic (exact) mass is 269 g/mol. The fourth-order valence-corrected chi connectivity index (χ4v) is 2.28. The van der Waals surface area contributed by atoms with Crippen molar-refractivity contribution in [2.45, 2.75) is 33.4 Å². The molecule has 1 unspecified atom stereocenters. The van der Waals surface area contributed by atoms with E-state index in [9.17, 15) is 0 Å². The summed E-state index contributed by atoms with van der Waals surface area (Å²) < 4.78 is 6.03. The third-order valence-electron chi connectivity index (χ3n) is 3.38. The number of hydrogen-bond donors (Lipinski definition) is 1. The van der Waals surface area contributed by atoms with E-state index in [0.29, 0.717) is 12.6 Å². The summed E-state index contributed by atoms with van der Waals surface area (Å²) in [5.41, 5.74) is 3.63. The predicted octanol–water partition coefficient (Wildman–Crippen LogP) is 4.24. The Labute approximate surface area is 121 Å². The van der Waals surface area contributed by atoms with Gasteiger partial charge in [-0.3, -0.25) is 0 Å². The van der Waals surface area contributed by atoms with Gasteiger partial charge in [-0.15, -0.1) is 0 Å². The lowest BCUT2D eigenvalue weighted by atomic mass is 10.0. The minimum absolute atomic E-state index is 0.298. The SMILES string of the molecule is CCNC(C)c1ccc(C)cc1OCc1ccccc1. The van der Waals surface area contributed by atoms with Crippen LogP contribution in [-0.2, 0) is 6.61 Å². The van der Waals surface area contributed by atoms with Crippen LogP contribution in [-0.4, -0.2) is 6.54 Å². The number of nitrogens with one attached hydrogen (secondary N) is 1. The van der Waals surface area contributed by atoms with Gasteiger partial charge in [0.05, 0.1) is 0 Å². The Kier molecular flexibility index (Phi) is 5.19. The lowest BCUT2D eigenvalue weighted by Gasteiger charge is -2.18. The number of ether oxygens (including phenoxy) is 1. The zero-order valence-corrected chi connectivity index (χ0v) is 12.5. The summed E-state index contributed by atoms with van der Waals surface area (Å²) in [5, 5.41) is 3.44. The molecule has 0 spiro atoms. The van der Waals surface area contributed by atoms with Crippen molar-refractivity contribution in [2.24, 2.45) is 0 Å². The highest BCUT2D eigenvalue weighted by molar-refractivity contribution is 5.39. The Hall–Kier alpha value is -1.80. The molecule has 0 saturated carbocycles. The Morgan fingerprint density at radius 2 is 1.85 bits per heavy atom. The van der Waals surface area contributed by atoms with E-state index >= 15 is 0 Å². The van der Waals surface area contributed by atoms with E-state index in [1.54, 1.807) is 0 Å². The van der Waals surface area contributed by atoms with Gasteiger partial charge in [0.15, 0.2) is 0 Å². The zero-order chi connectivity index (χ0) is 14.4. The van der Waals surface area contributed by atoms with E-state index in [2.05, 4.69) is 56.4 Å². The molecule has 0 fully saturated rings. The van der Waals surface area contributed by atoms with Gasteiger partial charge in [-0.05, 0) is 37.6 Å². The van der Waals surface area contributed by atoms with E-state index in [0.717, 1.165) is 12.3 Å². The van der Waals surface area contributed by atoms with Crippen LogP contribution in [0, 0.1) is 6.92 Å². The minimum atomic E-state index is 0.298. The maximum atomic E-state index is 6.03. The van der Waals surface area contributed by atoms with E-state index in [1.807, 2.05) is 18.2 Å². The van der Waals surface area contributed by atoms with Crippen LogP contribution in [0.4, 0.5) is 0 Å². The summed E-state index contributed by atoms with van der Waals surface area (Å²) in [6, 6.07) is 17.0. The van der Waals surface area contributed by atoms with E-state index in [4.69, 9.17) is 4.74 Å². The standard InChI is InChI=1S/C18H23NO/c1-4-19-15(3)17-11-10-14(2)12-18(17)20-13-16-8-6-5-7-9-16/h5-12,15,19H,4,13H2,1-3H3. The Bertz CT molecular complexity index is 536. The average Bonchev–Trinajstić information content (AvgIpc) is 2.46. The van der Waals surface area contributed by atoms with Crippen molar-refractivity contribution in [3.8, 4) is 5.75 Å². The van der Waals surface area contributed by atoms with Gasteiger partial charge in [-0.1, -0.05) is 49.4 Å². The first-order valence-corrected chi connectivity index (χ1v) is 7.21. The second-order valence-corrected chi connectivity index (χ2v) is 5.09. The van der Waals surface area contributed by atoms with Crippen molar-refractivity contribution in [3.63, 3.8) is 0 Å². The van der Waals surface area contributed by atoms with Crippen LogP contribution in [0.5, 0.6) is 5.75 Å². The van der Waals surface area contributed by atoms with Crippen LogP contribution in [0.25, 0.3) is 0 Å². The lowest BCUT2D eigenvalue weighted by Crippen LogP contribution is -2.18. The van der Waals surface area contributed by atoms with Crippen molar-refractivity contribution >= 4 is 0 Å². The molecular weight excluding hydrogens is 246 g/mol. The molecule has 0 amide bonds. The molecule has 0 bridgehead atoms. The summed E-state index contributed by atoms with van der Waals surface area (Å²) >= 11 is 0. The number of hydrogen-bond acceptors (Lipinski definition) is 2. The highest BCUT2D eigenvalue weighted by Crippen LogP contribution is 2.27. The molecule has 2 aromatic rings. The average molecular weight is 269 g/mol. The van der Waals surface area contributed by atoms with Crippen molar-refractivity contribution in [2.75, 3.05) is 6.54 Å².